The fourth-order valence-electron chi connectivity index (χ4n) is 3.66. The van der Waals surface area contributed by atoms with Gasteiger partial charge in [0.25, 0.3) is 0 Å². The van der Waals surface area contributed by atoms with Crippen LogP contribution in [0.4, 0.5) is 11.4 Å². The van der Waals surface area contributed by atoms with E-state index in [0.29, 0.717) is 18.2 Å². The molecule has 3 heteroatoms. The molecule has 1 amide bonds. The monoisotopic (exact) mass is 272 g/mol. The van der Waals surface area contributed by atoms with E-state index in [1.807, 2.05) is 23.1 Å². The van der Waals surface area contributed by atoms with Crippen LogP contribution in [0.1, 0.15) is 50.5 Å². The van der Waals surface area contributed by atoms with Crippen molar-refractivity contribution in [2.75, 3.05) is 17.2 Å². The van der Waals surface area contributed by atoms with Crippen LogP contribution in [-0.2, 0) is 11.2 Å². The van der Waals surface area contributed by atoms with Crippen LogP contribution in [0, 0.1) is 5.92 Å². The van der Waals surface area contributed by atoms with Gasteiger partial charge in [-0.3, -0.25) is 4.79 Å². The van der Waals surface area contributed by atoms with Gasteiger partial charge in [0, 0.05) is 24.3 Å². The number of anilines is 2. The molecule has 1 aromatic carbocycles. The molecule has 2 N–H and O–H groups in total. The SMILES string of the molecule is Nc1cccc2c1CCCN2C(=O)CC1CCCCC1. The van der Waals surface area contributed by atoms with E-state index in [4.69, 9.17) is 5.73 Å². The zero-order chi connectivity index (χ0) is 13.9. The number of fused-ring (bicyclic) bond motifs is 1. The van der Waals surface area contributed by atoms with Crippen LogP contribution in [0.25, 0.3) is 0 Å². The smallest absolute Gasteiger partial charge is 0.227 e. The summed E-state index contributed by atoms with van der Waals surface area (Å²) in [5.41, 5.74) is 9.10. The van der Waals surface area contributed by atoms with Crippen molar-refractivity contribution < 1.29 is 4.79 Å². The second-order valence-corrected chi connectivity index (χ2v) is 6.20. The summed E-state index contributed by atoms with van der Waals surface area (Å²) in [6, 6.07) is 5.94. The molecule has 1 aliphatic carbocycles. The largest absolute Gasteiger partial charge is 0.398 e. The Hall–Kier alpha value is -1.51. The van der Waals surface area contributed by atoms with E-state index in [1.165, 1.54) is 32.1 Å². The van der Waals surface area contributed by atoms with Gasteiger partial charge in [0.05, 0.1) is 0 Å². The number of carbonyl (C=O) groups is 1. The van der Waals surface area contributed by atoms with Gasteiger partial charge in [-0.2, -0.15) is 0 Å². The van der Waals surface area contributed by atoms with Gasteiger partial charge in [0.15, 0.2) is 0 Å². The molecule has 0 unspecified atom stereocenters. The highest BCUT2D eigenvalue weighted by atomic mass is 16.2. The molecule has 3 nitrogen and oxygen atoms in total. The lowest BCUT2D eigenvalue weighted by atomic mass is 9.86. The molecule has 0 radical (unpaired) electrons. The fourth-order valence-corrected chi connectivity index (χ4v) is 3.66. The second-order valence-electron chi connectivity index (χ2n) is 6.20. The zero-order valence-corrected chi connectivity index (χ0v) is 12.1. The Bertz CT molecular complexity index is 492. The number of hydrogen-bond donors (Lipinski definition) is 1. The Morgan fingerprint density at radius 1 is 1.20 bits per heavy atom. The van der Waals surface area contributed by atoms with Crippen LogP contribution < -0.4 is 10.6 Å². The Balaban J connectivity index is 1.74. The highest BCUT2D eigenvalue weighted by Crippen LogP contribution is 2.33. The van der Waals surface area contributed by atoms with E-state index >= 15 is 0 Å². The summed E-state index contributed by atoms with van der Waals surface area (Å²) in [6.45, 7) is 0.849. The number of rotatable bonds is 2. The molecule has 0 saturated heterocycles. The molecule has 2 aliphatic rings. The number of hydrogen-bond acceptors (Lipinski definition) is 2. The molecule has 0 spiro atoms. The van der Waals surface area contributed by atoms with Crippen LogP contribution in [0.2, 0.25) is 0 Å². The van der Waals surface area contributed by atoms with Crippen LogP contribution in [0.5, 0.6) is 0 Å². The van der Waals surface area contributed by atoms with E-state index < -0.39 is 0 Å². The molecule has 1 aromatic rings. The van der Waals surface area contributed by atoms with E-state index in [0.717, 1.165) is 36.3 Å². The third kappa shape index (κ3) is 2.67. The lowest BCUT2D eigenvalue weighted by molar-refractivity contribution is -0.119. The molecular formula is C17H24N2O. The Kier molecular flexibility index (Phi) is 3.95. The van der Waals surface area contributed by atoms with Crippen LogP contribution in [0.3, 0.4) is 0 Å². The van der Waals surface area contributed by atoms with E-state index in [2.05, 4.69) is 0 Å². The maximum atomic E-state index is 12.6. The highest BCUT2D eigenvalue weighted by Gasteiger charge is 2.26. The number of carbonyl (C=O) groups excluding carboxylic acids is 1. The summed E-state index contributed by atoms with van der Waals surface area (Å²) in [4.78, 5) is 14.6. The van der Waals surface area contributed by atoms with Gasteiger partial charge < -0.3 is 10.6 Å². The number of nitrogens with zero attached hydrogens (tertiary/aromatic N) is 1. The van der Waals surface area contributed by atoms with Crippen molar-refractivity contribution in [2.24, 2.45) is 5.92 Å². The maximum absolute atomic E-state index is 12.6. The fraction of sp³-hybridized carbons (Fsp3) is 0.588. The topological polar surface area (TPSA) is 46.3 Å². The third-order valence-corrected chi connectivity index (χ3v) is 4.78. The molecule has 1 fully saturated rings. The summed E-state index contributed by atoms with van der Waals surface area (Å²) >= 11 is 0. The van der Waals surface area contributed by atoms with Gasteiger partial charge in [0.1, 0.15) is 0 Å². The van der Waals surface area contributed by atoms with E-state index in [-0.39, 0.29) is 0 Å². The highest BCUT2D eigenvalue weighted by molar-refractivity contribution is 5.95. The van der Waals surface area contributed by atoms with E-state index in [1.54, 1.807) is 0 Å². The molecule has 108 valence electrons. The average Bonchev–Trinajstić information content (AvgIpc) is 2.48. The Morgan fingerprint density at radius 2 is 2.00 bits per heavy atom. The number of nitrogens with two attached hydrogens (primary N) is 1. The van der Waals surface area contributed by atoms with Crippen LogP contribution in [-0.4, -0.2) is 12.5 Å². The van der Waals surface area contributed by atoms with Gasteiger partial charge in [0.2, 0.25) is 5.91 Å². The first-order valence-electron chi connectivity index (χ1n) is 7.93. The van der Waals surface area contributed by atoms with Gasteiger partial charge >= 0.3 is 0 Å². The van der Waals surface area contributed by atoms with Crippen molar-refractivity contribution in [3.05, 3.63) is 23.8 Å². The average molecular weight is 272 g/mol. The summed E-state index contributed by atoms with van der Waals surface area (Å²) < 4.78 is 0. The summed E-state index contributed by atoms with van der Waals surface area (Å²) in [7, 11) is 0. The maximum Gasteiger partial charge on any atom is 0.227 e. The second kappa shape index (κ2) is 5.86. The van der Waals surface area contributed by atoms with Crippen molar-refractivity contribution in [1.82, 2.24) is 0 Å². The lowest BCUT2D eigenvalue weighted by Gasteiger charge is -2.32. The molecular weight excluding hydrogens is 248 g/mol. The standard InChI is InChI=1S/C17H24N2O/c18-15-9-4-10-16-14(15)8-5-11-19(16)17(20)12-13-6-2-1-3-7-13/h4,9-10,13H,1-3,5-8,11-12,18H2. The molecule has 3 rings (SSSR count). The first-order chi connectivity index (χ1) is 9.75. The molecule has 0 aromatic heterocycles. The van der Waals surface area contributed by atoms with Crippen molar-refractivity contribution in [1.29, 1.82) is 0 Å². The van der Waals surface area contributed by atoms with Crippen molar-refractivity contribution >= 4 is 17.3 Å². The predicted molar refractivity (Wildman–Crippen MR) is 82.7 cm³/mol. The van der Waals surface area contributed by atoms with Crippen molar-refractivity contribution in [2.45, 2.75) is 51.4 Å². The number of nitrogen functional groups attached to an aromatic ring is 1. The third-order valence-electron chi connectivity index (χ3n) is 4.78. The molecule has 20 heavy (non-hydrogen) atoms. The minimum atomic E-state index is 0.295. The minimum absolute atomic E-state index is 0.295. The van der Waals surface area contributed by atoms with Crippen LogP contribution >= 0.6 is 0 Å². The Morgan fingerprint density at radius 3 is 2.80 bits per heavy atom. The molecule has 1 aliphatic heterocycles. The van der Waals surface area contributed by atoms with Crippen molar-refractivity contribution in [3.8, 4) is 0 Å². The lowest BCUT2D eigenvalue weighted by Crippen LogP contribution is -2.36. The van der Waals surface area contributed by atoms with Gasteiger partial charge in [-0.05, 0) is 49.3 Å². The van der Waals surface area contributed by atoms with Crippen LogP contribution in [0.15, 0.2) is 18.2 Å². The van der Waals surface area contributed by atoms with Gasteiger partial charge in [-0.1, -0.05) is 25.3 Å². The summed E-state index contributed by atoms with van der Waals surface area (Å²) in [6.07, 6.45) is 9.12. The first-order valence-corrected chi connectivity index (χ1v) is 7.93. The Labute approximate surface area is 121 Å². The minimum Gasteiger partial charge on any atom is -0.398 e. The predicted octanol–water partition coefficient (Wildman–Crippen LogP) is 3.52. The van der Waals surface area contributed by atoms with Crippen molar-refractivity contribution in [3.63, 3.8) is 0 Å². The number of benzene rings is 1. The molecule has 0 bridgehead atoms. The zero-order valence-electron chi connectivity index (χ0n) is 12.1. The van der Waals surface area contributed by atoms with E-state index in [9.17, 15) is 4.79 Å². The number of amides is 1. The summed E-state index contributed by atoms with van der Waals surface area (Å²) in [5, 5.41) is 0. The normalized spacial score (nSPS) is 19.7. The molecule has 1 saturated carbocycles. The molecule has 1 heterocycles. The van der Waals surface area contributed by atoms with Gasteiger partial charge in [-0.25, -0.2) is 0 Å². The molecule has 0 atom stereocenters. The quantitative estimate of drug-likeness (QED) is 0.837. The first kappa shape index (κ1) is 13.5. The summed E-state index contributed by atoms with van der Waals surface area (Å²) in [5.74, 6) is 0.895. The van der Waals surface area contributed by atoms with Gasteiger partial charge in [-0.15, -0.1) is 0 Å².